The summed E-state index contributed by atoms with van der Waals surface area (Å²) in [4.78, 5) is 11.8. The van der Waals surface area contributed by atoms with Crippen molar-refractivity contribution in [2.24, 2.45) is 28.6 Å². The molecule has 2 unspecified atom stereocenters. The first kappa shape index (κ1) is 12.6. The molecule has 6 atom stereocenters. The zero-order valence-electron chi connectivity index (χ0n) is 12.8. The summed E-state index contributed by atoms with van der Waals surface area (Å²) in [7, 11) is 0. The lowest BCUT2D eigenvalue weighted by Crippen LogP contribution is -2.55. The highest BCUT2D eigenvalue weighted by Crippen LogP contribution is 2.72. The number of rotatable bonds is 0. The van der Waals surface area contributed by atoms with Crippen LogP contribution in [0.4, 0.5) is 0 Å². The van der Waals surface area contributed by atoms with E-state index in [1.54, 1.807) is 5.57 Å². The summed E-state index contributed by atoms with van der Waals surface area (Å²) in [6.45, 7) is 2.31. The van der Waals surface area contributed by atoms with Crippen LogP contribution in [0.3, 0.4) is 0 Å². The summed E-state index contributed by atoms with van der Waals surface area (Å²) < 4.78 is 0. The van der Waals surface area contributed by atoms with Gasteiger partial charge >= 0.3 is 0 Å². The second-order valence-electron chi connectivity index (χ2n) is 8.46. The Hall–Kier alpha value is -0.890. The molecule has 6 aliphatic rings. The highest BCUT2D eigenvalue weighted by Gasteiger charge is 2.63. The summed E-state index contributed by atoms with van der Waals surface area (Å²) in [5.41, 5.74) is 3.53. The lowest BCUT2D eigenvalue weighted by molar-refractivity contribution is -0.117. The summed E-state index contributed by atoms with van der Waals surface area (Å²) in [6, 6.07) is 0. The molecule has 0 radical (unpaired) electrons. The predicted molar refractivity (Wildman–Crippen MR) is 80.5 cm³/mol. The minimum absolute atomic E-state index is 0.112. The first-order valence-electron chi connectivity index (χ1n) is 8.68. The fourth-order valence-electron chi connectivity index (χ4n) is 6.67. The van der Waals surface area contributed by atoms with Crippen LogP contribution in [0.2, 0.25) is 0 Å². The van der Waals surface area contributed by atoms with E-state index in [9.17, 15) is 9.90 Å². The monoisotopic (exact) mass is 284 g/mol. The zero-order valence-corrected chi connectivity index (χ0v) is 12.8. The van der Waals surface area contributed by atoms with Crippen molar-refractivity contribution in [3.05, 3.63) is 23.3 Å². The Morgan fingerprint density at radius 1 is 1.29 bits per heavy atom. The van der Waals surface area contributed by atoms with E-state index >= 15 is 0 Å². The maximum atomic E-state index is 11.8. The van der Waals surface area contributed by atoms with Crippen LogP contribution in [0, 0.1) is 28.6 Å². The van der Waals surface area contributed by atoms with Crippen molar-refractivity contribution in [1.29, 1.82) is 0 Å². The SMILES string of the molecule is C[C@]12CC=C3[C@@H](CC4C[C@@]35CCC(=O)C=C45)[C@@H]1CCC2O. The van der Waals surface area contributed by atoms with Crippen molar-refractivity contribution in [2.75, 3.05) is 0 Å². The van der Waals surface area contributed by atoms with Crippen LogP contribution < -0.4 is 0 Å². The predicted octanol–water partition coefficient (Wildman–Crippen LogP) is 3.41. The molecule has 0 aromatic heterocycles. The van der Waals surface area contributed by atoms with Crippen molar-refractivity contribution in [1.82, 2.24) is 0 Å². The van der Waals surface area contributed by atoms with Gasteiger partial charge in [0.25, 0.3) is 0 Å². The minimum Gasteiger partial charge on any atom is -0.393 e. The third-order valence-corrected chi connectivity index (χ3v) is 7.80. The summed E-state index contributed by atoms with van der Waals surface area (Å²) in [5, 5.41) is 10.4. The van der Waals surface area contributed by atoms with Gasteiger partial charge in [-0.25, -0.2) is 0 Å². The van der Waals surface area contributed by atoms with Gasteiger partial charge in [-0.1, -0.05) is 24.1 Å². The summed E-state index contributed by atoms with van der Waals surface area (Å²) in [5.74, 6) is 2.37. The van der Waals surface area contributed by atoms with Gasteiger partial charge in [0.1, 0.15) is 0 Å². The molecule has 6 rings (SSSR count). The maximum absolute atomic E-state index is 11.8. The molecule has 112 valence electrons. The van der Waals surface area contributed by atoms with E-state index in [2.05, 4.69) is 13.0 Å². The van der Waals surface area contributed by atoms with E-state index in [-0.39, 0.29) is 16.9 Å². The lowest BCUT2D eigenvalue weighted by atomic mass is 9.40. The third kappa shape index (κ3) is 1.32. The molecule has 2 bridgehead atoms. The molecule has 1 spiro atoms. The van der Waals surface area contributed by atoms with Crippen molar-refractivity contribution in [3.8, 4) is 0 Å². The van der Waals surface area contributed by atoms with Crippen LogP contribution in [0.5, 0.6) is 0 Å². The molecule has 4 saturated carbocycles. The van der Waals surface area contributed by atoms with Crippen LogP contribution in [-0.4, -0.2) is 17.0 Å². The highest BCUT2D eigenvalue weighted by molar-refractivity contribution is 5.92. The van der Waals surface area contributed by atoms with Gasteiger partial charge in [-0.3, -0.25) is 4.79 Å². The van der Waals surface area contributed by atoms with Crippen molar-refractivity contribution in [2.45, 2.75) is 58.0 Å². The van der Waals surface area contributed by atoms with Crippen molar-refractivity contribution >= 4 is 5.78 Å². The normalized spacial score (nSPS) is 53.9. The molecule has 0 heterocycles. The van der Waals surface area contributed by atoms with Gasteiger partial charge < -0.3 is 5.11 Å². The molecule has 2 heteroatoms. The van der Waals surface area contributed by atoms with Gasteiger partial charge in [0, 0.05) is 17.3 Å². The Morgan fingerprint density at radius 3 is 3.00 bits per heavy atom. The molecule has 1 N–H and O–H groups in total. The van der Waals surface area contributed by atoms with Gasteiger partial charge in [-0.15, -0.1) is 0 Å². The van der Waals surface area contributed by atoms with E-state index in [1.165, 1.54) is 24.8 Å². The molecular weight excluding hydrogens is 260 g/mol. The van der Waals surface area contributed by atoms with Gasteiger partial charge in [0.2, 0.25) is 0 Å². The smallest absolute Gasteiger partial charge is 0.155 e. The Balaban J connectivity index is 1.60. The van der Waals surface area contributed by atoms with Gasteiger partial charge in [-0.2, -0.15) is 0 Å². The number of allylic oxidation sites excluding steroid dienone is 4. The second kappa shape index (κ2) is 3.71. The third-order valence-electron chi connectivity index (χ3n) is 7.80. The number of hydrogen-bond donors (Lipinski definition) is 1. The number of hydrogen-bond acceptors (Lipinski definition) is 2. The van der Waals surface area contributed by atoms with E-state index in [4.69, 9.17) is 0 Å². The fraction of sp³-hybridized carbons (Fsp3) is 0.737. The number of aliphatic hydroxyl groups excluding tert-OH is 1. The molecule has 0 saturated heterocycles. The van der Waals surface area contributed by atoms with Gasteiger partial charge in [-0.05, 0) is 62.4 Å². The van der Waals surface area contributed by atoms with E-state index in [0.29, 0.717) is 23.5 Å². The molecule has 0 amide bonds. The number of carbonyl (C=O) groups excluding carboxylic acids is 1. The quantitative estimate of drug-likeness (QED) is 0.692. The van der Waals surface area contributed by atoms with E-state index in [1.807, 2.05) is 6.08 Å². The van der Waals surface area contributed by atoms with Crippen LogP contribution in [0.1, 0.15) is 51.9 Å². The summed E-state index contributed by atoms with van der Waals surface area (Å²) >= 11 is 0. The number of carbonyl (C=O) groups is 1. The fourth-order valence-corrected chi connectivity index (χ4v) is 6.67. The van der Waals surface area contributed by atoms with Gasteiger partial charge in [0.05, 0.1) is 6.10 Å². The number of ketones is 1. The Bertz CT molecular complexity index is 601. The molecule has 2 nitrogen and oxygen atoms in total. The molecule has 21 heavy (non-hydrogen) atoms. The second-order valence-corrected chi connectivity index (χ2v) is 8.46. The maximum Gasteiger partial charge on any atom is 0.155 e. The average Bonchev–Trinajstić information content (AvgIpc) is 2.77. The molecular formula is C19H24O2. The Morgan fingerprint density at radius 2 is 2.14 bits per heavy atom. The first-order valence-corrected chi connectivity index (χ1v) is 8.68. The van der Waals surface area contributed by atoms with Crippen LogP contribution in [0.15, 0.2) is 23.3 Å². The number of fused-ring (bicyclic) bond motifs is 1. The summed E-state index contributed by atoms with van der Waals surface area (Å²) in [6.07, 6.45) is 11.9. The largest absolute Gasteiger partial charge is 0.393 e. The number of aliphatic hydroxyl groups is 1. The minimum atomic E-state index is -0.112. The molecule has 0 aromatic rings. The molecule has 4 fully saturated rings. The molecule has 6 aliphatic carbocycles. The van der Waals surface area contributed by atoms with Crippen molar-refractivity contribution in [3.63, 3.8) is 0 Å². The van der Waals surface area contributed by atoms with E-state index in [0.717, 1.165) is 25.7 Å². The standard InChI is InChI=1S/C19H24O2/c1-18-6-5-15-13(14(18)2-3-17(18)21)8-11-10-19(15)7-4-12(20)9-16(11)19/h5,9,11,13-14,17,21H,2-4,6-8,10H2,1H3/t11?,13-,14-,17?,18-,19-/m0/s1. The zero-order chi connectivity index (χ0) is 14.4. The molecule has 0 aromatic carbocycles. The topological polar surface area (TPSA) is 37.3 Å². The van der Waals surface area contributed by atoms with Gasteiger partial charge in [0.15, 0.2) is 5.78 Å². The van der Waals surface area contributed by atoms with Crippen molar-refractivity contribution < 1.29 is 9.90 Å². The average molecular weight is 284 g/mol. The molecule has 0 aliphatic heterocycles. The lowest BCUT2D eigenvalue weighted by Gasteiger charge is -2.64. The Labute approximate surface area is 126 Å². The first-order chi connectivity index (χ1) is 10.0. The van der Waals surface area contributed by atoms with E-state index < -0.39 is 0 Å². The highest BCUT2D eigenvalue weighted by atomic mass is 16.3. The van der Waals surface area contributed by atoms with Crippen LogP contribution in [0.25, 0.3) is 0 Å². The Kier molecular flexibility index (Phi) is 2.23. The van der Waals surface area contributed by atoms with Crippen LogP contribution >= 0.6 is 0 Å². The van der Waals surface area contributed by atoms with Crippen LogP contribution in [-0.2, 0) is 4.79 Å².